The summed E-state index contributed by atoms with van der Waals surface area (Å²) < 4.78 is 5.32. The van der Waals surface area contributed by atoms with Crippen molar-refractivity contribution in [3.05, 3.63) is 0 Å². The monoisotopic (exact) mass is 196 g/mol. The zero-order valence-electron chi connectivity index (χ0n) is 9.36. The second-order valence-electron chi connectivity index (χ2n) is 4.29. The first-order valence-electron chi connectivity index (χ1n) is 5.32. The molecule has 0 radical (unpaired) electrons. The summed E-state index contributed by atoms with van der Waals surface area (Å²) in [6, 6.07) is 2.18. The molecule has 14 heavy (non-hydrogen) atoms. The van der Waals surface area contributed by atoms with Crippen molar-refractivity contribution >= 4 is 0 Å². The molecule has 0 aromatic heterocycles. The van der Waals surface area contributed by atoms with Crippen LogP contribution in [0.1, 0.15) is 26.7 Å². The van der Waals surface area contributed by atoms with E-state index in [2.05, 4.69) is 24.8 Å². The van der Waals surface area contributed by atoms with Gasteiger partial charge in [-0.05, 0) is 18.3 Å². The Bertz CT molecular complexity index is 212. The standard InChI is InChI=1S/C11H20N2O/c1-9-5-7-13(8-10(9)2)11(14-3)4-6-12/h9-11H,4-5,7-8H2,1-3H3/t9-,10?,11?/m1/s1. The van der Waals surface area contributed by atoms with Crippen LogP contribution in [-0.4, -0.2) is 31.3 Å². The van der Waals surface area contributed by atoms with Crippen LogP contribution in [0.4, 0.5) is 0 Å². The van der Waals surface area contributed by atoms with Gasteiger partial charge in [-0.1, -0.05) is 13.8 Å². The summed E-state index contributed by atoms with van der Waals surface area (Å²) in [7, 11) is 1.69. The molecule has 0 N–H and O–H groups in total. The molecule has 0 amide bonds. The van der Waals surface area contributed by atoms with Gasteiger partial charge in [0.05, 0.1) is 12.5 Å². The lowest BCUT2D eigenvalue weighted by Gasteiger charge is -2.38. The molecule has 1 aliphatic rings. The lowest BCUT2D eigenvalue weighted by atomic mass is 9.88. The van der Waals surface area contributed by atoms with Crippen LogP contribution in [0.2, 0.25) is 0 Å². The zero-order valence-corrected chi connectivity index (χ0v) is 9.36. The molecule has 0 saturated carbocycles. The molecule has 1 rings (SSSR count). The fourth-order valence-electron chi connectivity index (χ4n) is 2.00. The molecule has 0 aromatic rings. The number of nitriles is 1. The number of methoxy groups -OCH3 is 1. The van der Waals surface area contributed by atoms with Gasteiger partial charge in [-0.15, -0.1) is 0 Å². The minimum absolute atomic E-state index is 0.00468. The minimum Gasteiger partial charge on any atom is -0.365 e. The number of nitrogens with zero attached hydrogens (tertiary/aromatic N) is 2. The summed E-state index contributed by atoms with van der Waals surface area (Å²) in [6.45, 7) is 6.69. The van der Waals surface area contributed by atoms with E-state index in [-0.39, 0.29) is 6.23 Å². The summed E-state index contributed by atoms with van der Waals surface area (Å²) >= 11 is 0. The van der Waals surface area contributed by atoms with Gasteiger partial charge in [-0.3, -0.25) is 4.90 Å². The second kappa shape index (κ2) is 5.33. The normalized spacial score (nSPS) is 31.0. The van der Waals surface area contributed by atoms with Crippen molar-refractivity contribution in [3.63, 3.8) is 0 Å². The van der Waals surface area contributed by atoms with Crippen molar-refractivity contribution in [2.75, 3.05) is 20.2 Å². The Morgan fingerprint density at radius 2 is 2.21 bits per heavy atom. The number of piperidine rings is 1. The molecule has 0 bridgehead atoms. The van der Waals surface area contributed by atoms with Gasteiger partial charge in [-0.2, -0.15) is 5.26 Å². The first kappa shape index (κ1) is 11.5. The maximum absolute atomic E-state index is 8.66. The Morgan fingerprint density at radius 3 is 2.71 bits per heavy atom. The van der Waals surface area contributed by atoms with Gasteiger partial charge in [0.1, 0.15) is 6.23 Å². The maximum Gasteiger partial charge on any atom is 0.123 e. The molecule has 0 aliphatic carbocycles. The van der Waals surface area contributed by atoms with Gasteiger partial charge in [0.25, 0.3) is 0 Å². The van der Waals surface area contributed by atoms with Crippen LogP contribution in [0.5, 0.6) is 0 Å². The van der Waals surface area contributed by atoms with E-state index in [1.54, 1.807) is 7.11 Å². The number of likely N-dealkylation sites (tertiary alicyclic amines) is 1. The summed E-state index contributed by atoms with van der Waals surface area (Å²) in [5.74, 6) is 1.51. The fourth-order valence-corrected chi connectivity index (χ4v) is 2.00. The predicted octanol–water partition coefficient (Wildman–Crippen LogP) is 1.85. The summed E-state index contributed by atoms with van der Waals surface area (Å²) in [6.07, 6.45) is 1.68. The lowest BCUT2D eigenvalue weighted by molar-refractivity contribution is -0.0551. The third-order valence-corrected chi connectivity index (χ3v) is 3.31. The van der Waals surface area contributed by atoms with Crippen LogP contribution in [0.15, 0.2) is 0 Å². The molecule has 80 valence electrons. The molecule has 1 aliphatic heterocycles. The average Bonchev–Trinajstić information content (AvgIpc) is 2.19. The van der Waals surface area contributed by atoms with Crippen molar-refractivity contribution < 1.29 is 4.74 Å². The largest absolute Gasteiger partial charge is 0.365 e. The van der Waals surface area contributed by atoms with E-state index in [9.17, 15) is 0 Å². The second-order valence-corrected chi connectivity index (χ2v) is 4.29. The first-order valence-corrected chi connectivity index (χ1v) is 5.32. The van der Waals surface area contributed by atoms with Crippen molar-refractivity contribution in [1.29, 1.82) is 5.26 Å². The smallest absolute Gasteiger partial charge is 0.123 e. The molecule has 0 spiro atoms. The van der Waals surface area contributed by atoms with Gasteiger partial charge in [0, 0.05) is 20.2 Å². The number of hydrogen-bond donors (Lipinski definition) is 0. The Labute approximate surface area is 86.6 Å². The quantitative estimate of drug-likeness (QED) is 0.691. The summed E-state index contributed by atoms with van der Waals surface area (Å²) in [4.78, 5) is 2.29. The molecule has 1 fully saturated rings. The molecule has 3 atom stereocenters. The topological polar surface area (TPSA) is 36.3 Å². The van der Waals surface area contributed by atoms with E-state index in [4.69, 9.17) is 10.00 Å². The van der Waals surface area contributed by atoms with Crippen molar-refractivity contribution in [1.82, 2.24) is 4.90 Å². The molecule has 0 aromatic carbocycles. The third kappa shape index (κ3) is 2.70. The van der Waals surface area contributed by atoms with Gasteiger partial charge in [-0.25, -0.2) is 0 Å². The third-order valence-electron chi connectivity index (χ3n) is 3.31. The molecule has 1 saturated heterocycles. The van der Waals surface area contributed by atoms with E-state index in [1.807, 2.05) is 0 Å². The van der Waals surface area contributed by atoms with Gasteiger partial charge < -0.3 is 4.74 Å². The number of ether oxygens (including phenoxy) is 1. The van der Waals surface area contributed by atoms with Crippen molar-refractivity contribution in [3.8, 4) is 6.07 Å². The highest BCUT2D eigenvalue weighted by Crippen LogP contribution is 2.24. The van der Waals surface area contributed by atoms with E-state index in [0.717, 1.165) is 19.0 Å². The maximum atomic E-state index is 8.66. The Kier molecular flexibility index (Phi) is 4.37. The summed E-state index contributed by atoms with van der Waals surface area (Å²) in [5.41, 5.74) is 0. The highest BCUT2D eigenvalue weighted by molar-refractivity contribution is 4.82. The van der Waals surface area contributed by atoms with Crippen molar-refractivity contribution in [2.45, 2.75) is 32.9 Å². The van der Waals surface area contributed by atoms with E-state index < -0.39 is 0 Å². The first-order chi connectivity index (χ1) is 6.69. The SMILES string of the molecule is COC(CC#N)N1CC[C@@H](C)C(C)C1. The minimum atomic E-state index is -0.00468. The van der Waals surface area contributed by atoms with Crippen LogP contribution < -0.4 is 0 Å². The average molecular weight is 196 g/mol. The lowest BCUT2D eigenvalue weighted by Crippen LogP contribution is -2.45. The van der Waals surface area contributed by atoms with Crippen molar-refractivity contribution in [2.24, 2.45) is 11.8 Å². The van der Waals surface area contributed by atoms with E-state index >= 15 is 0 Å². The highest BCUT2D eigenvalue weighted by atomic mass is 16.5. The molecule has 2 unspecified atom stereocenters. The zero-order chi connectivity index (χ0) is 10.6. The Morgan fingerprint density at radius 1 is 1.50 bits per heavy atom. The van der Waals surface area contributed by atoms with Gasteiger partial charge >= 0.3 is 0 Å². The predicted molar refractivity (Wildman–Crippen MR) is 55.5 cm³/mol. The number of hydrogen-bond acceptors (Lipinski definition) is 3. The summed E-state index contributed by atoms with van der Waals surface area (Å²) in [5, 5.41) is 8.66. The van der Waals surface area contributed by atoms with Crippen LogP contribution in [0, 0.1) is 23.2 Å². The number of rotatable bonds is 3. The highest BCUT2D eigenvalue weighted by Gasteiger charge is 2.27. The van der Waals surface area contributed by atoms with E-state index in [1.165, 1.54) is 6.42 Å². The molecular weight excluding hydrogens is 176 g/mol. The molecule has 3 heteroatoms. The van der Waals surface area contributed by atoms with Gasteiger partial charge in [0.15, 0.2) is 0 Å². The Balaban J connectivity index is 2.48. The molecule has 3 nitrogen and oxygen atoms in total. The van der Waals surface area contributed by atoms with Crippen LogP contribution in [0.25, 0.3) is 0 Å². The Hall–Kier alpha value is -0.590. The van der Waals surface area contributed by atoms with Crippen LogP contribution in [-0.2, 0) is 4.74 Å². The van der Waals surface area contributed by atoms with Crippen LogP contribution in [0.3, 0.4) is 0 Å². The molecular formula is C11H20N2O. The van der Waals surface area contributed by atoms with Crippen LogP contribution >= 0.6 is 0 Å². The molecule has 1 heterocycles. The fraction of sp³-hybridized carbons (Fsp3) is 0.909. The van der Waals surface area contributed by atoms with Gasteiger partial charge in [0.2, 0.25) is 0 Å². The van der Waals surface area contributed by atoms with E-state index in [0.29, 0.717) is 12.3 Å².